The van der Waals surface area contributed by atoms with Gasteiger partial charge in [0.25, 0.3) is 0 Å². The average Bonchev–Trinajstić information content (AvgIpc) is 2.62. The smallest absolute Gasteiger partial charge is 0.237 e. The van der Waals surface area contributed by atoms with Crippen LogP contribution in [0.1, 0.15) is 24.7 Å². The number of aryl methyl sites for hydroxylation is 3. The number of rotatable bonds is 5. The van der Waals surface area contributed by atoms with Crippen molar-refractivity contribution in [2.45, 2.75) is 33.7 Å². The highest BCUT2D eigenvalue weighted by Crippen LogP contribution is 2.02. The third-order valence-electron chi connectivity index (χ3n) is 2.54. The number of nitrogens with one attached hydrogen (secondary N) is 1. The van der Waals surface area contributed by atoms with E-state index in [1.807, 2.05) is 30.7 Å². The van der Waals surface area contributed by atoms with E-state index in [9.17, 15) is 4.79 Å². The van der Waals surface area contributed by atoms with Crippen LogP contribution in [0, 0.1) is 31.1 Å². The van der Waals surface area contributed by atoms with Crippen molar-refractivity contribution < 1.29 is 4.79 Å². The minimum atomic E-state index is -0.580. The maximum Gasteiger partial charge on any atom is 0.237 e. The highest BCUT2D eigenvalue weighted by molar-refractivity contribution is 5.80. The number of nitriles is 1. The van der Waals surface area contributed by atoms with Crippen LogP contribution in [-0.2, 0) is 11.3 Å². The van der Waals surface area contributed by atoms with Gasteiger partial charge in [-0.15, -0.1) is 0 Å². The number of amides is 1. The first-order valence-corrected chi connectivity index (χ1v) is 5.73. The molecule has 0 radical (unpaired) electrons. The van der Waals surface area contributed by atoms with Gasteiger partial charge in [-0.1, -0.05) is 0 Å². The van der Waals surface area contributed by atoms with E-state index in [1.54, 1.807) is 6.92 Å². The van der Waals surface area contributed by atoms with Crippen molar-refractivity contribution in [3.05, 3.63) is 17.5 Å². The van der Waals surface area contributed by atoms with Gasteiger partial charge in [0, 0.05) is 18.8 Å². The predicted octanol–water partition coefficient (Wildman–Crippen LogP) is 1.17. The zero-order valence-electron chi connectivity index (χ0n) is 10.5. The van der Waals surface area contributed by atoms with Crippen LogP contribution >= 0.6 is 0 Å². The Kier molecular flexibility index (Phi) is 4.70. The molecule has 1 N–H and O–H groups in total. The van der Waals surface area contributed by atoms with Gasteiger partial charge in [0.2, 0.25) is 5.91 Å². The van der Waals surface area contributed by atoms with Crippen LogP contribution in [0.25, 0.3) is 0 Å². The Hall–Kier alpha value is -1.83. The highest BCUT2D eigenvalue weighted by Gasteiger charge is 2.10. The van der Waals surface area contributed by atoms with Gasteiger partial charge in [0.15, 0.2) is 0 Å². The second-order valence-corrected chi connectivity index (χ2v) is 4.15. The quantitative estimate of drug-likeness (QED) is 0.777. The van der Waals surface area contributed by atoms with Gasteiger partial charge >= 0.3 is 0 Å². The summed E-state index contributed by atoms with van der Waals surface area (Å²) < 4.78 is 1.93. The van der Waals surface area contributed by atoms with Crippen molar-refractivity contribution in [2.75, 3.05) is 6.54 Å². The summed E-state index contributed by atoms with van der Waals surface area (Å²) in [4.78, 5) is 11.3. The van der Waals surface area contributed by atoms with E-state index >= 15 is 0 Å². The molecule has 1 amide bonds. The van der Waals surface area contributed by atoms with E-state index < -0.39 is 5.92 Å². The third kappa shape index (κ3) is 3.91. The maximum absolute atomic E-state index is 11.3. The molecular formula is C12H18N4O. The Morgan fingerprint density at radius 3 is 2.88 bits per heavy atom. The Morgan fingerprint density at radius 1 is 1.65 bits per heavy atom. The normalized spacial score (nSPS) is 11.9. The summed E-state index contributed by atoms with van der Waals surface area (Å²) in [5.74, 6) is -0.787. The van der Waals surface area contributed by atoms with Crippen LogP contribution in [0.5, 0.6) is 0 Å². The third-order valence-corrected chi connectivity index (χ3v) is 2.54. The molecule has 0 saturated carbocycles. The van der Waals surface area contributed by atoms with E-state index in [0.29, 0.717) is 6.54 Å². The Labute approximate surface area is 101 Å². The number of carbonyl (C=O) groups excluding carboxylic acids is 1. The summed E-state index contributed by atoms with van der Waals surface area (Å²) in [7, 11) is 0. The van der Waals surface area contributed by atoms with Gasteiger partial charge < -0.3 is 5.32 Å². The molecule has 0 aliphatic carbocycles. The summed E-state index contributed by atoms with van der Waals surface area (Å²) in [6.07, 6.45) is 0.811. The molecular weight excluding hydrogens is 216 g/mol. The Bertz CT molecular complexity index is 430. The molecule has 1 aromatic rings. The molecule has 0 bridgehead atoms. The number of carbonyl (C=O) groups is 1. The Morgan fingerprint density at radius 2 is 2.35 bits per heavy atom. The molecule has 0 aliphatic rings. The molecule has 1 unspecified atom stereocenters. The predicted molar refractivity (Wildman–Crippen MR) is 64.1 cm³/mol. The van der Waals surface area contributed by atoms with Crippen molar-refractivity contribution in [3.8, 4) is 6.07 Å². The summed E-state index contributed by atoms with van der Waals surface area (Å²) in [5.41, 5.74) is 2.13. The zero-order valence-corrected chi connectivity index (χ0v) is 10.5. The molecule has 5 heteroatoms. The fraction of sp³-hybridized carbons (Fsp3) is 0.583. The average molecular weight is 234 g/mol. The van der Waals surface area contributed by atoms with E-state index in [2.05, 4.69) is 10.4 Å². The number of aromatic nitrogens is 2. The molecule has 5 nitrogen and oxygen atoms in total. The fourth-order valence-electron chi connectivity index (χ4n) is 1.55. The van der Waals surface area contributed by atoms with Crippen LogP contribution < -0.4 is 5.32 Å². The standard InChI is InChI=1S/C12H18N4O/c1-9(8-13)12(17)14-5-4-6-16-11(3)7-10(2)15-16/h7,9H,4-6H2,1-3H3,(H,14,17). The van der Waals surface area contributed by atoms with Gasteiger partial charge in [0.1, 0.15) is 5.92 Å². The molecule has 1 atom stereocenters. The second kappa shape index (κ2) is 6.04. The van der Waals surface area contributed by atoms with E-state index in [1.165, 1.54) is 0 Å². The van der Waals surface area contributed by atoms with E-state index in [0.717, 1.165) is 24.4 Å². The summed E-state index contributed by atoms with van der Waals surface area (Å²) in [5, 5.41) is 15.6. The summed E-state index contributed by atoms with van der Waals surface area (Å²) in [6, 6.07) is 3.93. The lowest BCUT2D eigenvalue weighted by molar-refractivity contribution is -0.122. The maximum atomic E-state index is 11.3. The SMILES string of the molecule is Cc1cc(C)n(CCCNC(=O)C(C)C#N)n1. The Balaban J connectivity index is 2.28. The lowest BCUT2D eigenvalue weighted by Crippen LogP contribution is -2.29. The van der Waals surface area contributed by atoms with Crippen molar-refractivity contribution in [1.29, 1.82) is 5.26 Å². The summed E-state index contributed by atoms with van der Waals surface area (Å²) in [6.45, 7) is 6.91. The first kappa shape index (κ1) is 13.2. The van der Waals surface area contributed by atoms with Gasteiger partial charge in [-0.25, -0.2) is 0 Å². The number of hydrogen-bond donors (Lipinski definition) is 1. The topological polar surface area (TPSA) is 70.7 Å². The van der Waals surface area contributed by atoms with Crippen LogP contribution in [-0.4, -0.2) is 22.2 Å². The van der Waals surface area contributed by atoms with Gasteiger partial charge in [-0.2, -0.15) is 10.4 Å². The highest BCUT2D eigenvalue weighted by atomic mass is 16.1. The minimum Gasteiger partial charge on any atom is -0.355 e. The zero-order chi connectivity index (χ0) is 12.8. The molecule has 1 aromatic heterocycles. The molecule has 0 aromatic carbocycles. The van der Waals surface area contributed by atoms with Crippen molar-refractivity contribution in [3.63, 3.8) is 0 Å². The first-order chi connectivity index (χ1) is 8.04. The van der Waals surface area contributed by atoms with Gasteiger partial charge in [-0.3, -0.25) is 9.48 Å². The molecule has 1 heterocycles. The molecule has 17 heavy (non-hydrogen) atoms. The number of hydrogen-bond acceptors (Lipinski definition) is 3. The minimum absolute atomic E-state index is 0.208. The molecule has 1 rings (SSSR count). The van der Waals surface area contributed by atoms with Crippen molar-refractivity contribution in [2.24, 2.45) is 5.92 Å². The molecule has 92 valence electrons. The molecule has 0 aliphatic heterocycles. The van der Waals surface area contributed by atoms with Gasteiger partial charge in [-0.05, 0) is 33.3 Å². The van der Waals surface area contributed by atoms with E-state index in [-0.39, 0.29) is 5.91 Å². The van der Waals surface area contributed by atoms with Gasteiger partial charge in [0.05, 0.1) is 11.8 Å². The van der Waals surface area contributed by atoms with Crippen molar-refractivity contribution >= 4 is 5.91 Å². The molecule has 0 saturated heterocycles. The van der Waals surface area contributed by atoms with E-state index in [4.69, 9.17) is 5.26 Å². The summed E-state index contributed by atoms with van der Waals surface area (Å²) >= 11 is 0. The van der Waals surface area contributed by atoms with Crippen LogP contribution in [0.3, 0.4) is 0 Å². The molecule has 0 spiro atoms. The van der Waals surface area contributed by atoms with Crippen LogP contribution in [0.15, 0.2) is 6.07 Å². The van der Waals surface area contributed by atoms with Crippen LogP contribution in [0.4, 0.5) is 0 Å². The van der Waals surface area contributed by atoms with Crippen LogP contribution in [0.2, 0.25) is 0 Å². The monoisotopic (exact) mass is 234 g/mol. The largest absolute Gasteiger partial charge is 0.355 e. The fourth-order valence-corrected chi connectivity index (χ4v) is 1.55. The number of nitrogens with zero attached hydrogens (tertiary/aromatic N) is 3. The second-order valence-electron chi connectivity index (χ2n) is 4.15. The molecule has 0 fully saturated rings. The lowest BCUT2D eigenvalue weighted by Gasteiger charge is -2.07. The van der Waals surface area contributed by atoms with Crippen molar-refractivity contribution in [1.82, 2.24) is 15.1 Å². The first-order valence-electron chi connectivity index (χ1n) is 5.73. The lowest BCUT2D eigenvalue weighted by atomic mass is 10.2.